The summed E-state index contributed by atoms with van der Waals surface area (Å²) in [6.07, 6.45) is 0. The van der Waals surface area contributed by atoms with Gasteiger partial charge >= 0.3 is 0 Å². The van der Waals surface area contributed by atoms with E-state index in [1.165, 1.54) is 5.39 Å². The van der Waals surface area contributed by atoms with E-state index >= 15 is 0 Å². The maximum atomic E-state index is 6.38. The van der Waals surface area contributed by atoms with Gasteiger partial charge in [0.1, 0.15) is 5.52 Å². The van der Waals surface area contributed by atoms with Crippen molar-refractivity contribution in [2.75, 3.05) is 0 Å². The molecule has 0 aliphatic carbocycles. The van der Waals surface area contributed by atoms with Crippen molar-refractivity contribution in [2.45, 2.75) is 0 Å². The maximum Gasteiger partial charge on any atom is 0.227 e. The van der Waals surface area contributed by atoms with Crippen LogP contribution in [0.2, 0.25) is 0 Å². The Hall–Kier alpha value is -6.40. The number of aromatic nitrogens is 5. The lowest BCUT2D eigenvalue weighted by Crippen LogP contribution is -2.00. The number of oxazole rings is 1. The van der Waals surface area contributed by atoms with E-state index in [2.05, 4.69) is 65.2 Å². The Morgan fingerprint density at radius 3 is 1.57 bits per heavy atom. The molecule has 0 aliphatic rings. The van der Waals surface area contributed by atoms with E-state index in [0.29, 0.717) is 23.4 Å². The zero-order chi connectivity index (χ0) is 30.5. The van der Waals surface area contributed by atoms with Crippen LogP contribution in [0.5, 0.6) is 0 Å². The van der Waals surface area contributed by atoms with Crippen molar-refractivity contribution < 1.29 is 4.42 Å². The summed E-state index contributed by atoms with van der Waals surface area (Å²) in [7, 11) is 0. The van der Waals surface area contributed by atoms with Gasteiger partial charge in [-0.2, -0.15) is 0 Å². The van der Waals surface area contributed by atoms with Crippen LogP contribution in [0.15, 0.2) is 156 Å². The van der Waals surface area contributed by atoms with Crippen LogP contribution < -0.4 is 0 Å². The number of hydrogen-bond acceptors (Lipinski definition) is 5. The van der Waals surface area contributed by atoms with Gasteiger partial charge in [-0.25, -0.2) is 19.9 Å². The molecule has 0 atom stereocenters. The second-order valence-corrected chi connectivity index (χ2v) is 11.2. The molecular weight excluding hydrogens is 566 g/mol. The summed E-state index contributed by atoms with van der Waals surface area (Å²) in [5, 5.41) is 2.32. The highest BCUT2D eigenvalue weighted by Crippen LogP contribution is 2.36. The highest BCUT2D eigenvalue weighted by molar-refractivity contribution is 6.12. The van der Waals surface area contributed by atoms with Crippen molar-refractivity contribution >= 4 is 32.9 Å². The molecule has 3 aromatic heterocycles. The van der Waals surface area contributed by atoms with Gasteiger partial charge in [-0.1, -0.05) is 109 Å². The van der Waals surface area contributed by atoms with Crippen molar-refractivity contribution in [1.29, 1.82) is 0 Å². The molecule has 0 spiro atoms. The summed E-state index contributed by atoms with van der Waals surface area (Å²) >= 11 is 0. The van der Waals surface area contributed by atoms with E-state index in [1.54, 1.807) is 0 Å². The van der Waals surface area contributed by atoms with Gasteiger partial charge in [0.15, 0.2) is 23.1 Å². The first kappa shape index (κ1) is 26.0. The summed E-state index contributed by atoms with van der Waals surface area (Å²) in [5.41, 5.74) is 8.52. The van der Waals surface area contributed by atoms with Crippen LogP contribution in [0.1, 0.15) is 0 Å². The SMILES string of the molecule is c1ccc(-c2nc(-c3ccccc3)nc(-c3ccc(-c4nc5cc6c7ccccc7n(-c7ccccc7)c6cc5o4)cc3)n2)cc1. The molecule has 0 saturated heterocycles. The Bertz CT molecular complexity index is 2440. The molecular formula is C40H25N5O. The number of nitrogens with zero attached hydrogens (tertiary/aromatic N) is 5. The third-order valence-corrected chi connectivity index (χ3v) is 8.29. The maximum absolute atomic E-state index is 6.38. The first-order valence-electron chi connectivity index (χ1n) is 15.2. The molecule has 0 aliphatic heterocycles. The van der Waals surface area contributed by atoms with Gasteiger partial charge in [0.05, 0.1) is 11.0 Å². The van der Waals surface area contributed by atoms with E-state index in [-0.39, 0.29) is 0 Å². The van der Waals surface area contributed by atoms with Gasteiger partial charge in [0.2, 0.25) is 5.89 Å². The van der Waals surface area contributed by atoms with Gasteiger partial charge in [-0.15, -0.1) is 0 Å². The Kier molecular flexibility index (Phi) is 6.03. The van der Waals surface area contributed by atoms with Gasteiger partial charge < -0.3 is 8.98 Å². The highest BCUT2D eigenvalue weighted by Gasteiger charge is 2.17. The second-order valence-electron chi connectivity index (χ2n) is 11.2. The van der Waals surface area contributed by atoms with Crippen LogP contribution in [0.3, 0.4) is 0 Å². The Balaban J connectivity index is 1.12. The Labute approximate surface area is 264 Å². The van der Waals surface area contributed by atoms with Gasteiger partial charge in [-0.05, 0) is 36.4 Å². The number of para-hydroxylation sites is 2. The molecule has 9 rings (SSSR count). The molecule has 6 nitrogen and oxygen atoms in total. The lowest BCUT2D eigenvalue weighted by Gasteiger charge is -2.08. The average Bonchev–Trinajstić information content (AvgIpc) is 3.70. The summed E-state index contributed by atoms with van der Waals surface area (Å²) in [5.74, 6) is 2.43. The van der Waals surface area contributed by atoms with Crippen LogP contribution >= 0.6 is 0 Å². The van der Waals surface area contributed by atoms with Gasteiger partial charge in [-0.3, -0.25) is 0 Å². The molecule has 0 amide bonds. The largest absolute Gasteiger partial charge is 0.436 e. The molecule has 6 aromatic carbocycles. The minimum absolute atomic E-state index is 0.565. The molecule has 0 radical (unpaired) electrons. The van der Waals surface area contributed by atoms with Crippen molar-refractivity contribution in [2.24, 2.45) is 0 Å². The molecule has 6 heteroatoms. The predicted molar refractivity (Wildman–Crippen MR) is 183 cm³/mol. The first-order chi connectivity index (χ1) is 22.8. The van der Waals surface area contributed by atoms with Crippen molar-refractivity contribution in [3.8, 4) is 51.3 Å². The molecule has 3 heterocycles. The summed E-state index contributed by atoms with van der Waals surface area (Å²) in [4.78, 5) is 19.4. The van der Waals surface area contributed by atoms with Crippen LogP contribution in [0, 0.1) is 0 Å². The molecule has 9 aromatic rings. The Morgan fingerprint density at radius 1 is 0.413 bits per heavy atom. The number of benzene rings is 6. The summed E-state index contributed by atoms with van der Waals surface area (Å²) in [6, 6.07) is 51.1. The fourth-order valence-corrected chi connectivity index (χ4v) is 6.07. The summed E-state index contributed by atoms with van der Waals surface area (Å²) < 4.78 is 8.66. The van der Waals surface area contributed by atoms with Gasteiger partial charge in [0.25, 0.3) is 0 Å². The molecule has 0 saturated carbocycles. The predicted octanol–water partition coefficient (Wildman–Crippen LogP) is 9.78. The fraction of sp³-hybridized carbons (Fsp3) is 0. The lowest BCUT2D eigenvalue weighted by molar-refractivity contribution is 0.620. The molecule has 0 bridgehead atoms. The van der Waals surface area contributed by atoms with E-state index < -0.39 is 0 Å². The monoisotopic (exact) mass is 591 g/mol. The minimum Gasteiger partial charge on any atom is -0.436 e. The smallest absolute Gasteiger partial charge is 0.227 e. The van der Waals surface area contributed by atoms with E-state index in [0.717, 1.165) is 55.5 Å². The lowest BCUT2D eigenvalue weighted by atomic mass is 10.1. The van der Waals surface area contributed by atoms with Crippen LogP contribution in [0.25, 0.3) is 84.2 Å². The van der Waals surface area contributed by atoms with Crippen LogP contribution in [0.4, 0.5) is 0 Å². The van der Waals surface area contributed by atoms with Gasteiger partial charge in [0, 0.05) is 44.8 Å². The van der Waals surface area contributed by atoms with E-state index in [9.17, 15) is 0 Å². The van der Waals surface area contributed by atoms with Crippen LogP contribution in [-0.4, -0.2) is 24.5 Å². The van der Waals surface area contributed by atoms with Crippen LogP contribution in [-0.2, 0) is 0 Å². The topological polar surface area (TPSA) is 69.6 Å². The van der Waals surface area contributed by atoms with E-state index in [4.69, 9.17) is 24.4 Å². The highest BCUT2D eigenvalue weighted by atomic mass is 16.3. The zero-order valence-corrected chi connectivity index (χ0v) is 24.6. The first-order valence-corrected chi connectivity index (χ1v) is 15.2. The third kappa shape index (κ3) is 4.43. The third-order valence-electron chi connectivity index (χ3n) is 8.29. The number of fused-ring (bicyclic) bond motifs is 4. The van der Waals surface area contributed by atoms with Crippen molar-refractivity contribution in [1.82, 2.24) is 24.5 Å². The zero-order valence-electron chi connectivity index (χ0n) is 24.6. The van der Waals surface area contributed by atoms with Crippen molar-refractivity contribution in [3.05, 3.63) is 152 Å². The second kappa shape index (κ2) is 10.6. The minimum atomic E-state index is 0.565. The fourth-order valence-electron chi connectivity index (χ4n) is 6.07. The standard InChI is InChI=1S/C40H25N5O/c1-4-12-26(13-5-1)37-42-38(27-14-6-2-7-15-27)44-39(43-37)28-20-22-29(23-21-28)40-41-33-24-32-31-18-10-11-19-34(31)45(30-16-8-3-9-17-30)35(32)25-36(33)46-40/h1-25H. The molecule has 0 fully saturated rings. The average molecular weight is 592 g/mol. The quantitative estimate of drug-likeness (QED) is 0.199. The normalized spacial score (nSPS) is 11.5. The van der Waals surface area contributed by atoms with E-state index in [1.807, 2.05) is 91.0 Å². The number of rotatable bonds is 5. The summed E-state index contributed by atoms with van der Waals surface area (Å²) in [6.45, 7) is 0. The molecule has 216 valence electrons. The van der Waals surface area contributed by atoms with Crippen molar-refractivity contribution in [3.63, 3.8) is 0 Å². The molecule has 46 heavy (non-hydrogen) atoms. The number of hydrogen-bond donors (Lipinski definition) is 0. The molecule has 0 N–H and O–H groups in total. The molecule has 0 unspecified atom stereocenters. The Morgan fingerprint density at radius 2 is 0.935 bits per heavy atom.